The largest absolute Gasteiger partial charge is 0.326 e. The Balaban J connectivity index is 1.62. The van der Waals surface area contributed by atoms with Gasteiger partial charge in [-0.25, -0.2) is 4.39 Å². The van der Waals surface area contributed by atoms with Crippen molar-refractivity contribution in [3.63, 3.8) is 0 Å². The highest BCUT2D eigenvalue weighted by Crippen LogP contribution is 2.46. The summed E-state index contributed by atoms with van der Waals surface area (Å²) in [5.74, 6) is -0.183. The van der Waals surface area contributed by atoms with Crippen molar-refractivity contribution in [2.75, 3.05) is 13.1 Å². The monoisotopic (exact) mass is 276 g/mol. The first-order valence-electron chi connectivity index (χ1n) is 7.91. The van der Waals surface area contributed by atoms with Crippen molar-refractivity contribution in [3.05, 3.63) is 35.1 Å². The van der Waals surface area contributed by atoms with E-state index < -0.39 is 0 Å². The molecule has 20 heavy (non-hydrogen) atoms. The van der Waals surface area contributed by atoms with Gasteiger partial charge >= 0.3 is 0 Å². The zero-order chi connectivity index (χ0) is 14.0. The number of piperidine rings is 1. The molecule has 2 aliphatic rings. The number of nitrogens with zero attached hydrogens (tertiary/aromatic N) is 1. The molecule has 0 unspecified atom stereocenters. The molecule has 1 aliphatic carbocycles. The van der Waals surface area contributed by atoms with Crippen LogP contribution in [0.25, 0.3) is 0 Å². The average molecular weight is 276 g/mol. The summed E-state index contributed by atoms with van der Waals surface area (Å²) in [5.41, 5.74) is 8.54. The van der Waals surface area contributed by atoms with Crippen LogP contribution in [0.1, 0.15) is 49.7 Å². The molecule has 0 atom stereocenters. The third-order valence-electron chi connectivity index (χ3n) is 5.36. The summed E-state index contributed by atoms with van der Waals surface area (Å²) in [6.07, 6.45) is 8.40. The van der Waals surface area contributed by atoms with Crippen molar-refractivity contribution in [3.8, 4) is 0 Å². The zero-order valence-electron chi connectivity index (χ0n) is 12.2. The van der Waals surface area contributed by atoms with Crippen molar-refractivity contribution in [2.24, 2.45) is 11.1 Å². The Bertz CT molecular complexity index is 456. The van der Waals surface area contributed by atoms with E-state index in [1.165, 1.54) is 57.2 Å². The number of benzene rings is 1. The first-order chi connectivity index (χ1) is 9.71. The molecule has 0 radical (unpaired) electrons. The lowest BCUT2D eigenvalue weighted by atomic mass is 9.77. The highest BCUT2D eigenvalue weighted by atomic mass is 19.1. The van der Waals surface area contributed by atoms with Crippen LogP contribution < -0.4 is 5.73 Å². The molecule has 1 aliphatic heterocycles. The number of hydrogen-bond donors (Lipinski definition) is 1. The van der Waals surface area contributed by atoms with Crippen LogP contribution in [-0.2, 0) is 13.1 Å². The summed E-state index contributed by atoms with van der Waals surface area (Å²) >= 11 is 0. The van der Waals surface area contributed by atoms with E-state index in [0.29, 0.717) is 12.0 Å². The first-order valence-corrected chi connectivity index (χ1v) is 7.91. The van der Waals surface area contributed by atoms with Gasteiger partial charge in [0.05, 0.1) is 0 Å². The minimum Gasteiger partial charge on any atom is -0.326 e. The van der Waals surface area contributed by atoms with Gasteiger partial charge in [0, 0.05) is 13.1 Å². The molecule has 1 spiro atoms. The second-order valence-corrected chi connectivity index (χ2v) is 6.60. The van der Waals surface area contributed by atoms with Gasteiger partial charge in [-0.2, -0.15) is 0 Å². The van der Waals surface area contributed by atoms with Gasteiger partial charge in [0.15, 0.2) is 0 Å². The summed E-state index contributed by atoms with van der Waals surface area (Å²) in [5, 5.41) is 0. The average Bonchev–Trinajstić information content (AvgIpc) is 2.92. The molecule has 110 valence electrons. The Hall–Kier alpha value is -0.930. The maximum Gasteiger partial charge on any atom is 0.123 e. The maximum atomic E-state index is 13.2. The van der Waals surface area contributed by atoms with Gasteiger partial charge in [-0.05, 0) is 67.4 Å². The van der Waals surface area contributed by atoms with E-state index in [1.54, 1.807) is 12.1 Å². The van der Waals surface area contributed by atoms with Crippen LogP contribution >= 0.6 is 0 Å². The third kappa shape index (κ3) is 2.89. The molecule has 3 rings (SSSR count). The van der Waals surface area contributed by atoms with Crippen molar-refractivity contribution in [1.82, 2.24) is 4.90 Å². The van der Waals surface area contributed by atoms with Gasteiger partial charge < -0.3 is 5.73 Å². The number of nitrogens with two attached hydrogens (primary N) is 1. The topological polar surface area (TPSA) is 29.3 Å². The van der Waals surface area contributed by atoms with Gasteiger partial charge in [0.25, 0.3) is 0 Å². The quantitative estimate of drug-likeness (QED) is 0.916. The van der Waals surface area contributed by atoms with Gasteiger partial charge in [-0.15, -0.1) is 0 Å². The van der Waals surface area contributed by atoms with E-state index in [-0.39, 0.29) is 5.82 Å². The zero-order valence-corrected chi connectivity index (χ0v) is 12.2. The lowest BCUT2D eigenvalue weighted by Gasteiger charge is -2.39. The van der Waals surface area contributed by atoms with Crippen LogP contribution in [0, 0.1) is 11.2 Å². The summed E-state index contributed by atoms with van der Waals surface area (Å²) in [7, 11) is 0. The Morgan fingerprint density at radius 1 is 1.05 bits per heavy atom. The lowest BCUT2D eigenvalue weighted by Crippen LogP contribution is -2.38. The van der Waals surface area contributed by atoms with Crippen molar-refractivity contribution in [1.29, 1.82) is 0 Å². The summed E-state index contributed by atoms with van der Waals surface area (Å²) in [6.45, 7) is 3.70. The van der Waals surface area contributed by atoms with E-state index in [0.717, 1.165) is 12.1 Å². The van der Waals surface area contributed by atoms with E-state index >= 15 is 0 Å². The van der Waals surface area contributed by atoms with Gasteiger partial charge in [0.2, 0.25) is 0 Å². The molecule has 1 heterocycles. The van der Waals surface area contributed by atoms with Crippen LogP contribution in [0.5, 0.6) is 0 Å². The van der Waals surface area contributed by atoms with Crippen molar-refractivity contribution >= 4 is 0 Å². The molecule has 2 nitrogen and oxygen atoms in total. The minimum atomic E-state index is -0.183. The molecule has 1 aromatic carbocycles. The van der Waals surface area contributed by atoms with E-state index in [1.807, 2.05) is 6.07 Å². The SMILES string of the molecule is NCc1cc(F)ccc1CN1CCC2(CCCC2)CC1. The van der Waals surface area contributed by atoms with Crippen LogP contribution in [0.2, 0.25) is 0 Å². The Morgan fingerprint density at radius 2 is 1.75 bits per heavy atom. The first kappa shape index (κ1) is 14.0. The molecule has 3 heteroatoms. The standard InChI is InChI=1S/C17H25FN2/c18-16-4-3-14(15(11-16)12-19)13-20-9-7-17(8-10-20)5-1-2-6-17/h3-4,11H,1-2,5-10,12-13,19H2. The minimum absolute atomic E-state index is 0.183. The van der Waals surface area contributed by atoms with Crippen LogP contribution in [-0.4, -0.2) is 18.0 Å². The molecule has 1 aromatic rings. The second kappa shape index (κ2) is 5.82. The summed E-state index contributed by atoms with van der Waals surface area (Å²) < 4.78 is 13.2. The second-order valence-electron chi connectivity index (χ2n) is 6.60. The van der Waals surface area contributed by atoms with E-state index in [4.69, 9.17) is 5.73 Å². The molecule has 0 amide bonds. The molecule has 2 N–H and O–H groups in total. The highest BCUT2D eigenvalue weighted by molar-refractivity contribution is 5.27. The van der Waals surface area contributed by atoms with Crippen LogP contribution in [0.4, 0.5) is 4.39 Å². The Kier molecular flexibility index (Phi) is 4.08. The smallest absolute Gasteiger partial charge is 0.123 e. The maximum absolute atomic E-state index is 13.2. The van der Waals surface area contributed by atoms with Crippen LogP contribution in [0.15, 0.2) is 18.2 Å². The lowest BCUT2D eigenvalue weighted by molar-refractivity contribution is 0.103. The number of hydrogen-bond acceptors (Lipinski definition) is 2. The molecular formula is C17H25FN2. The fourth-order valence-corrected chi connectivity index (χ4v) is 3.99. The predicted octanol–water partition coefficient (Wildman–Crippen LogP) is 3.44. The number of halogens is 1. The van der Waals surface area contributed by atoms with Crippen LogP contribution in [0.3, 0.4) is 0 Å². The normalized spacial score (nSPS) is 22.5. The molecule has 1 saturated heterocycles. The molecule has 0 bridgehead atoms. The van der Waals surface area contributed by atoms with E-state index in [2.05, 4.69) is 4.90 Å². The highest BCUT2D eigenvalue weighted by Gasteiger charge is 2.36. The summed E-state index contributed by atoms with van der Waals surface area (Å²) in [4.78, 5) is 2.51. The predicted molar refractivity (Wildman–Crippen MR) is 79.7 cm³/mol. The van der Waals surface area contributed by atoms with Gasteiger partial charge in [0.1, 0.15) is 5.82 Å². The Morgan fingerprint density at radius 3 is 2.40 bits per heavy atom. The molecule has 1 saturated carbocycles. The third-order valence-corrected chi connectivity index (χ3v) is 5.36. The summed E-state index contributed by atoms with van der Waals surface area (Å²) in [6, 6.07) is 5.03. The van der Waals surface area contributed by atoms with Gasteiger partial charge in [-0.1, -0.05) is 18.9 Å². The number of rotatable bonds is 3. The molecule has 2 fully saturated rings. The van der Waals surface area contributed by atoms with Crippen molar-refractivity contribution in [2.45, 2.75) is 51.6 Å². The Labute approximate surface area is 121 Å². The molecular weight excluding hydrogens is 251 g/mol. The fraction of sp³-hybridized carbons (Fsp3) is 0.647. The van der Waals surface area contributed by atoms with Gasteiger partial charge in [-0.3, -0.25) is 4.90 Å². The number of likely N-dealkylation sites (tertiary alicyclic amines) is 1. The van der Waals surface area contributed by atoms with Crippen molar-refractivity contribution < 1.29 is 4.39 Å². The molecule has 0 aromatic heterocycles. The van der Waals surface area contributed by atoms with E-state index in [9.17, 15) is 4.39 Å². The fourth-order valence-electron chi connectivity index (χ4n) is 3.99.